The van der Waals surface area contributed by atoms with E-state index in [2.05, 4.69) is 65.7 Å². The third kappa shape index (κ3) is 3.20. The molecule has 4 rings (SSSR count). The molecule has 3 aromatic rings. The molecule has 0 spiro atoms. The smallest absolute Gasteiger partial charge is 0.195 e. The van der Waals surface area contributed by atoms with E-state index < -0.39 is 0 Å². The molecule has 0 bridgehead atoms. The van der Waals surface area contributed by atoms with Gasteiger partial charge in [0.15, 0.2) is 5.96 Å². The fourth-order valence-electron chi connectivity index (χ4n) is 3.59. The number of nitrogens with one attached hydrogen (secondary N) is 2. The van der Waals surface area contributed by atoms with E-state index in [1.165, 1.54) is 21.9 Å². The highest BCUT2D eigenvalue weighted by Crippen LogP contribution is 2.40. The number of benzene rings is 3. The Kier molecular flexibility index (Phi) is 4.95. The van der Waals surface area contributed by atoms with Crippen LogP contribution in [0.2, 0.25) is 0 Å². The lowest BCUT2D eigenvalue weighted by molar-refractivity contribution is 0.797. The summed E-state index contributed by atoms with van der Waals surface area (Å²) in [6.45, 7) is 3.77. The average Bonchev–Trinajstić information content (AvgIpc) is 2.98. The first-order valence-corrected chi connectivity index (χ1v) is 8.39. The summed E-state index contributed by atoms with van der Waals surface area (Å²) in [5.74, 6) is 0.893. The van der Waals surface area contributed by atoms with Crippen LogP contribution in [0.15, 0.2) is 66.7 Å². The van der Waals surface area contributed by atoms with Gasteiger partial charge in [0, 0.05) is 24.7 Å². The number of halogens is 1. The van der Waals surface area contributed by atoms with Gasteiger partial charge in [-0.15, -0.1) is 12.4 Å². The molecule has 25 heavy (non-hydrogen) atoms. The summed E-state index contributed by atoms with van der Waals surface area (Å²) in [6.07, 6.45) is 0. The Morgan fingerprint density at radius 1 is 1.04 bits per heavy atom. The minimum absolute atomic E-state index is 0. The van der Waals surface area contributed by atoms with E-state index in [0.29, 0.717) is 18.4 Å². The molecule has 0 saturated heterocycles. The third-order valence-electron chi connectivity index (χ3n) is 4.76. The van der Waals surface area contributed by atoms with Gasteiger partial charge in [0.1, 0.15) is 0 Å². The van der Waals surface area contributed by atoms with E-state index in [0.717, 1.165) is 12.2 Å². The summed E-state index contributed by atoms with van der Waals surface area (Å²) in [6, 6.07) is 23.1. The van der Waals surface area contributed by atoms with Crippen molar-refractivity contribution in [2.75, 3.05) is 11.4 Å². The maximum Gasteiger partial charge on any atom is 0.195 e. The first-order valence-electron chi connectivity index (χ1n) is 8.39. The summed E-state index contributed by atoms with van der Waals surface area (Å²) >= 11 is 0. The highest BCUT2D eigenvalue weighted by molar-refractivity contribution is 6.01. The first kappa shape index (κ1) is 17.3. The van der Waals surface area contributed by atoms with Crippen LogP contribution in [0, 0.1) is 5.41 Å². The topological polar surface area (TPSA) is 39.1 Å². The van der Waals surface area contributed by atoms with Crippen LogP contribution in [0.3, 0.4) is 0 Å². The number of nitrogens with zero attached hydrogens (tertiary/aromatic N) is 1. The van der Waals surface area contributed by atoms with Crippen molar-refractivity contribution < 1.29 is 0 Å². The van der Waals surface area contributed by atoms with Gasteiger partial charge in [-0.25, -0.2) is 0 Å². The molecule has 1 aliphatic heterocycles. The van der Waals surface area contributed by atoms with Gasteiger partial charge in [-0.1, -0.05) is 67.6 Å². The highest BCUT2D eigenvalue weighted by Gasteiger charge is 2.29. The summed E-state index contributed by atoms with van der Waals surface area (Å²) < 4.78 is 0. The first-order chi connectivity index (χ1) is 11.7. The Hall–Kier alpha value is -2.52. The van der Waals surface area contributed by atoms with Crippen LogP contribution in [-0.2, 0) is 6.54 Å². The van der Waals surface area contributed by atoms with Crippen molar-refractivity contribution in [2.45, 2.75) is 19.4 Å². The number of hydrogen-bond acceptors (Lipinski definition) is 1. The molecule has 3 aromatic carbocycles. The predicted octanol–water partition coefficient (Wildman–Crippen LogP) is 4.91. The van der Waals surface area contributed by atoms with Gasteiger partial charge in [0.25, 0.3) is 0 Å². The van der Waals surface area contributed by atoms with E-state index in [9.17, 15) is 0 Å². The number of fused-ring (bicyclic) bond motifs is 3. The number of rotatable bonds is 2. The molecule has 1 atom stereocenters. The molecule has 128 valence electrons. The SMILES string of the molecule is CC1CN(C(=N)NCc2ccccc2)c2ccc3ccccc3c21.Cl. The fraction of sp³-hybridized carbons (Fsp3) is 0.190. The van der Waals surface area contributed by atoms with Crippen molar-refractivity contribution in [3.8, 4) is 0 Å². The molecule has 2 N–H and O–H groups in total. The minimum atomic E-state index is 0. The summed E-state index contributed by atoms with van der Waals surface area (Å²) in [5.41, 5.74) is 3.71. The molecule has 3 nitrogen and oxygen atoms in total. The van der Waals surface area contributed by atoms with E-state index in [1.807, 2.05) is 18.2 Å². The van der Waals surface area contributed by atoms with E-state index in [4.69, 9.17) is 5.41 Å². The second-order valence-corrected chi connectivity index (χ2v) is 6.42. The van der Waals surface area contributed by atoms with Gasteiger partial charge in [0.2, 0.25) is 0 Å². The van der Waals surface area contributed by atoms with E-state index in [-0.39, 0.29) is 12.4 Å². The molecule has 1 unspecified atom stereocenters. The van der Waals surface area contributed by atoms with Crippen molar-refractivity contribution in [1.82, 2.24) is 5.32 Å². The van der Waals surface area contributed by atoms with Gasteiger partial charge in [-0.3, -0.25) is 5.41 Å². The molecule has 4 heteroatoms. The quantitative estimate of drug-likeness (QED) is 0.508. The molecule has 0 radical (unpaired) electrons. The fourth-order valence-corrected chi connectivity index (χ4v) is 3.59. The number of guanidine groups is 1. The molecular weight excluding hydrogens is 330 g/mol. The minimum Gasteiger partial charge on any atom is -0.352 e. The molecule has 0 aromatic heterocycles. The van der Waals surface area contributed by atoms with Crippen LogP contribution in [0.4, 0.5) is 5.69 Å². The molecule has 0 saturated carbocycles. The van der Waals surface area contributed by atoms with Crippen LogP contribution in [-0.4, -0.2) is 12.5 Å². The van der Waals surface area contributed by atoms with Crippen LogP contribution >= 0.6 is 12.4 Å². The van der Waals surface area contributed by atoms with Crippen molar-refractivity contribution >= 4 is 34.8 Å². The van der Waals surface area contributed by atoms with Gasteiger partial charge >= 0.3 is 0 Å². The normalized spacial score (nSPS) is 15.6. The monoisotopic (exact) mass is 351 g/mol. The van der Waals surface area contributed by atoms with Gasteiger partial charge in [-0.05, 0) is 28.0 Å². The molecule has 0 aliphatic carbocycles. The lowest BCUT2D eigenvalue weighted by Gasteiger charge is -2.21. The maximum atomic E-state index is 8.48. The summed E-state index contributed by atoms with van der Waals surface area (Å²) in [5, 5.41) is 14.3. The number of anilines is 1. The summed E-state index contributed by atoms with van der Waals surface area (Å²) in [4.78, 5) is 2.09. The Labute approximate surface area is 154 Å². The van der Waals surface area contributed by atoms with Gasteiger partial charge in [0.05, 0.1) is 0 Å². The second kappa shape index (κ2) is 7.16. The summed E-state index contributed by atoms with van der Waals surface area (Å²) in [7, 11) is 0. The largest absolute Gasteiger partial charge is 0.352 e. The predicted molar refractivity (Wildman–Crippen MR) is 108 cm³/mol. The van der Waals surface area contributed by atoms with Crippen LogP contribution in [0.1, 0.15) is 24.0 Å². The van der Waals surface area contributed by atoms with E-state index in [1.54, 1.807) is 0 Å². The zero-order chi connectivity index (χ0) is 16.5. The number of hydrogen-bond donors (Lipinski definition) is 2. The van der Waals surface area contributed by atoms with Crippen LogP contribution in [0.25, 0.3) is 10.8 Å². The van der Waals surface area contributed by atoms with Crippen molar-refractivity contribution in [2.24, 2.45) is 0 Å². The average molecular weight is 352 g/mol. The lowest BCUT2D eigenvalue weighted by Crippen LogP contribution is -2.39. The zero-order valence-corrected chi connectivity index (χ0v) is 15.0. The Morgan fingerprint density at radius 2 is 1.76 bits per heavy atom. The van der Waals surface area contributed by atoms with Crippen molar-refractivity contribution in [3.05, 3.63) is 77.9 Å². The third-order valence-corrected chi connectivity index (χ3v) is 4.76. The van der Waals surface area contributed by atoms with E-state index >= 15 is 0 Å². The zero-order valence-electron chi connectivity index (χ0n) is 14.2. The van der Waals surface area contributed by atoms with Gasteiger partial charge < -0.3 is 10.2 Å². The van der Waals surface area contributed by atoms with Gasteiger partial charge in [-0.2, -0.15) is 0 Å². The van der Waals surface area contributed by atoms with Crippen molar-refractivity contribution in [3.63, 3.8) is 0 Å². The Morgan fingerprint density at radius 3 is 2.56 bits per heavy atom. The lowest BCUT2D eigenvalue weighted by atomic mass is 9.96. The molecule has 0 amide bonds. The Balaban J connectivity index is 0.00000182. The van der Waals surface area contributed by atoms with Crippen molar-refractivity contribution in [1.29, 1.82) is 5.41 Å². The Bertz CT molecular complexity index is 892. The molecular formula is C21H22ClN3. The maximum absolute atomic E-state index is 8.48. The highest BCUT2D eigenvalue weighted by atomic mass is 35.5. The van der Waals surface area contributed by atoms with Crippen LogP contribution < -0.4 is 10.2 Å². The standard InChI is InChI=1S/C21H21N3.ClH/c1-15-14-24(21(22)23-13-16-7-3-2-4-8-16)19-12-11-17-9-5-6-10-18(17)20(15)19;/h2-12,15H,13-14H2,1H3,(H2,22,23);1H. The molecule has 1 heterocycles. The van der Waals surface area contributed by atoms with Crippen LogP contribution in [0.5, 0.6) is 0 Å². The second-order valence-electron chi connectivity index (χ2n) is 6.42. The molecule has 1 aliphatic rings. The molecule has 0 fully saturated rings.